The maximum absolute atomic E-state index is 13.1. The number of carbonyl (C=O) groups excluding carboxylic acids is 1. The summed E-state index contributed by atoms with van der Waals surface area (Å²) in [5.41, 5.74) is -0.277. The van der Waals surface area contributed by atoms with Gasteiger partial charge < -0.3 is 19.7 Å². The number of benzene rings is 2. The molecule has 1 aromatic heterocycles. The van der Waals surface area contributed by atoms with Crippen LogP contribution in [0.3, 0.4) is 0 Å². The number of alkyl halides is 3. The number of aromatic nitrogens is 3. The van der Waals surface area contributed by atoms with Crippen LogP contribution in [0.4, 0.5) is 23.8 Å². The lowest BCUT2D eigenvalue weighted by atomic mass is 10.0. The molecule has 4 rings (SSSR count). The van der Waals surface area contributed by atoms with Crippen LogP contribution < -0.4 is 10.1 Å². The van der Waals surface area contributed by atoms with Gasteiger partial charge in [0.25, 0.3) is 0 Å². The number of halogens is 3. The number of ether oxygens (including phenoxy) is 2. The predicted octanol–water partition coefficient (Wildman–Crippen LogP) is 5.21. The van der Waals surface area contributed by atoms with E-state index in [1.54, 1.807) is 36.1 Å². The van der Waals surface area contributed by atoms with Crippen molar-refractivity contribution in [3.05, 3.63) is 53.6 Å². The molecule has 35 heavy (non-hydrogen) atoms. The van der Waals surface area contributed by atoms with Crippen LogP contribution in [0.25, 0.3) is 10.9 Å². The largest absolute Gasteiger partial charge is 0.487 e. The lowest BCUT2D eigenvalue weighted by Crippen LogP contribution is -2.57. The molecule has 0 unspecified atom stereocenters. The van der Waals surface area contributed by atoms with E-state index in [9.17, 15) is 18.0 Å². The maximum atomic E-state index is 13.1. The van der Waals surface area contributed by atoms with Gasteiger partial charge in [0.2, 0.25) is 0 Å². The van der Waals surface area contributed by atoms with E-state index in [0.717, 1.165) is 12.1 Å². The zero-order valence-electron chi connectivity index (χ0n) is 19.8. The molecule has 2 aromatic carbocycles. The normalized spacial score (nSPS) is 15.5. The Bertz CT molecular complexity index is 1220. The van der Waals surface area contributed by atoms with Crippen molar-refractivity contribution in [1.29, 1.82) is 0 Å². The van der Waals surface area contributed by atoms with Gasteiger partial charge in [-0.1, -0.05) is 12.1 Å². The molecule has 1 amide bonds. The SMILES string of the molecule is C[C@@H](Nc1nnnc2ccc(OC3CN(C(=O)OC(C)(C)C)C3)cc12)c1cccc(C(F)(F)F)c1. The van der Waals surface area contributed by atoms with Crippen molar-refractivity contribution in [2.45, 2.75) is 51.6 Å². The lowest BCUT2D eigenvalue weighted by Gasteiger charge is -2.39. The Labute approximate surface area is 200 Å². The molecule has 0 aliphatic carbocycles. The number of rotatable bonds is 5. The summed E-state index contributed by atoms with van der Waals surface area (Å²) in [6, 6.07) is 9.87. The van der Waals surface area contributed by atoms with Crippen LogP contribution in [0.5, 0.6) is 5.75 Å². The summed E-state index contributed by atoms with van der Waals surface area (Å²) in [6.45, 7) is 7.97. The van der Waals surface area contributed by atoms with E-state index in [2.05, 4.69) is 20.7 Å². The second-order valence-corrected chi connectivity index (χ2v) is 9.43. The average Bonchev–Trinajstić information content (AvgIpc) is 2.74. The second kappa shape index (κ2) is 9.20. The van der Waals surface area contributed by atoms with Crippen molar-refractivity contribution < 1.29 is 27.4 Å². The van der Waals surface area contributed by atoms with Gasteiger partial charge in [0.05, 0.1) is 35.6 Å². The summed E-state index contributed by atoms with van der Waals surface area (Å²) >= 11 is 0. The fourth-order valence-corrected chi connectivity index (χ4v) is 3.59. The third-order valence-electron chi connectivity index (χ3n) is 5.39. The Kier molecular flexibility index (Phi) is 6.44. The van der Waals surface area contributed by atoms with E-state index >= 15 is 0 Å². The standard InChI is InChI=1S/C24H26F3N5O3/c1-14(15-6-5-7-16(10-15)24(25,26)27)28-21-19-11-17(8-9-20(19)29-31-30-21)34-18-12-32(13-18)22(33)35-23(2,3)4/h5-11,14,18H,12-13H2,1-4H3,(H,28,29,30)/t14-/m1/s1. The molecular weight excluding hydrogens is 463 g/mol. The molecule has 3 aromatic rings. The number of anilines is 1. The lowest BCUT2D eigenvalue weighted by molar-refractivity contribution is -0.137. The summed E-state index contributed by atoms with van der Waals surface area (Å²) in [5, 5.41) is 15.6. The second-order valence-electron chi connectivity index (χ2n) is 9.43. The summed E-state index contributed by atoms with van der Waals surface area (Å²) in [4.78, 5) is 13.7. The van der Waals surface area contributed by atoms with Gasteiger partial charge in [0, 0.05) is 0 Å². The van der Waals surface area contributed by atoms with Crippen LogP contribution in [0, 0.1) is 0 Å². The van der Waals surface area contributed by atoms with Crippen molar-refractivity contribution in [2.24, 2.45) is 0 Å². The van der Waals surface area contributed by atoms with Crippen LogP contribution in [-0.2, 0) is 10.9 Å². The molecule has 1 aliphatic heterocycles. The minimum atomic E-state index is -4.42. The highest BCUT2D eigenvalue weighted by Crippen LogP contribution is 2.32. The third kappa shape index (κ3) is 5.90. The molecule has 8 nitrogen and oxygen atoms in total. The van der Waals surface area contributed by atoms with E-state index in [1.807, 2.05) is 20.8 Å². The van der Waals surface area contributed by atoms with E-state index in [1.165, 1.54) is 6.07 Å². The van der Waals surface area contributed by atoms with Gasteiger partial charge >= 0.3 is 12.3 Å². The van der Waals surface area contributed by atoms with Crippen LogP contribution in [-0.4, -0.2) is 51.2 Å². The number of hydrogen-bond acceptors (Lipinski definition) is 7. The number of amides is 1. The molecule has 1 fully saturated rings. The molecular formula is C24H26F3N5O3. The summed E-state index contributed by atoms with van der Waals surface area (Å²) in [7, 11) is 0. The number of nitrogens with one attached hydrogen (secondary N) is 1. The fourth-order valence-electron chi connectivity index (χ4n) is 3.59. The number of fused-ring (bicyclic) bond motifs is 1. The van der Waals surface area contributed by atoms with Gasteiger partial charge in [-0.15, -0.1) is 10.2 Å². The quantitative estimate of drug-likeness (QED) is 0.526. The van der Waals surface area contributed by atoms with Crippen molar-refractivity contribution in [2.75, 3.05) is 18.4 Å². The van der Waals surface area contributed by atoms with E-state index < -0.39 is 23.4 Å². The molecule has 2 heterocycles. The number of carbonyl (C=O) groups is 1. The molecule has 1 saturated heterocycles. The Balaban J connectivity index is 1.46. The van der Waals surface area contributed by atoms with Gasteiger partial charge in [-0.05, 0) is 68.8 Å². The first-order valence-corrected chi connectivity index (χ1v) is 11.1. The van der Waals surface area contributed by atoms with Crippen molar-refractivity contribution in [3.63, 3.8) is 0 Å². The minimum absolute atomic E-state index is 0.192. The third-order valence-corrected chi connectivity index (χ3v) is 5.39. The van der Waals surface area contributed by atoms with Gasteiger partial charge in [-0.25, -0.2) is 4.79 Å². The molecule has 0 radical (unpaired) electrons. The fraction of sp³-hybridized carbons (Fsp3) is 0.417. The van der Waals surface area contributed by atoms with E-state index in [-0.39, 0.29) is 12.2 Å². The first-order valence-electron chi connectivity index (χ1n) is 11.1. The molecule has 0 bridgehead atoms. The molecule has 186 valence electrons. The number of likely N-dealkylation sites (tertiary alicyclic amines) is 1. The highest BCUT2D eigenvalue weighted by atomic mass is 19.4. The molecule has 11 heteroatoms. The van der Waals surface area contributed by atoms with Gasteiger partial charge in [-0.3, -0.25) is 0 Å². The molecule has 0 spiro atoms. The first-order chi connectivity index (χ1) is 16.4. The van der Waals surface area contributed by atoms with E-state index in [4.69, 9.17) is 9.47 Å². The number of nitrogens with zero attached hydrogens (tertiary/aromatic N) is 4. The monoisotopic (exact) mass is 489 g/mol. The molecule has 1 aliphatic rings. The number of hydrogen-bond donors (Lipinski definition) is 1. The molecule has 1 N–H and O–H groups in total. The smallest absolute Gasteiger partial charge is 0.416 e. The van der Waals surface area contributed by atoms with Crippen molar-refractivity contribution >= 4 is 22.8 Å². The van der Waals surface area contributed by atoms with Gasteiger partial charge in [0.15, 0.2) is 5.82 Å². The highest BCUT2D eigenvalue weighted by Gasteiger charge is 2.35. The Hall–Kier alpha value is -3.63. The Morgan fingerprint density at radius 2 is 1.86 bits per heavy atom. The Morgan fingerprint density at radius 3 is 2.54 bits per heavy atom. The van der Waals surface area contributed by atoms with Crippen LogP contribution in [0.2, 0.25) is 0 Å². The zero-order valence-corrected chi connectivity index (χ0v) is 19.8. The van der Waals surface area contributed by atoms with E-state index in [0.29, 0.717) is 41.1 Å². The Morgan fingerprint density at radius 1 is 1.11 bits per heavy atom. The molecule has 1 atom stereocenters. The van der Waals surface area contributed by atoms with Gasteiger partial charge in [-0.2, -0.15) is 13.2 Å². The minimum Gasteiger partial charge on any atom is -0.487 e. The zero-order chi connectivity index (χ0) is 25.4. The predicted molar refractivity (Wildman–Crippen MR) is 123 cm³/mol. The topological polar surface area (TPSA) is 89.5 Å². The maximum Gasteiger partial charge on any atom is 0.416 e. The summed E-state index contributed by atoms with van der Waals surface area (Å²) in [6.07, 6.45) is -5.00. The highest BCUT2D eigenvalue weighted by molar-refractivity contribution is 5.89. The summed E-state index contributed by atoms with van der Waals surface area (Å²) < 4.78 is 50.6. The first kappa shape index (κ1) is 24.5. The van der Waals surface area contributed by atoms with Crippen molar-refractivity contribution in [1.82, 2.24) is 20.3 Å². The van der Waals surface area contributed by atoms with Crippen LogP contribution in [0.15, 0.2) is 42.5 Å². The summed E-state index contributed by atoms with van der Waals surface area (Å²) in [5.74, 6) is 0.922. The van der Waals surface area contributed by atoms with Crippen molar-refractivity contribution in [3.8, 4) is 5.75 Å². The van der Waals surface area contributed by atoms with Crippen LogP contribution in [0.1, 0.15) is 44.9 Å². The van der Waals surface area contributed by atoms with Gasteiger partial charge in [0.1, 0.15) is 17.5 Å². The van der Waals surface area contributed by atoms with Crippen LogP contribution >= 0.6 is 0 Å². The molecule has 0 saturated carbocycles. The average molecular weight is 489 g/mol.